The molecule has 0 fully saturated rings. The number of aromatic nitrogens is 1. The van der Waals surface area contributed by atoms with E-state index >= 15 is 0 Å². The minimum absolute atomic E-state index is 0.152. The number of ether oxygens (including phenoxy) is 2. The lowest BCUT2D eigenvalue weighted by atomic mass is 10.2. The van der Waals surface area contributed by atoms with Crippen LogP contribution < -0.4 is 9.64 Å². The van der Waals surface area contributed by atoms with Crippen molar-refractivity contribution in [2.45, 2.75) is 26.7 Å². The Morgan fingerprint density at radius 2 is 1.91 bits per heavy atom. The van der Waals surface area contributed by atoms with Crippen LogP contribution in [0.25, 0.3) is 6.08 Å². The predicted octanol–water partition coefficient (Wildman–Crippen LogP) is 5.35. The Kier molecular flexibility index (Phi) is 6.95. The van der Waals surface area contributed by atoms with E-state index < -0.39 is 5.97 Å². The minimum atomic E-state index is -0.547. The Morgan fingerprint density at radius 3 is 2.61 bits per heavy atom. The van der Waals surface area contributed by atoms with E-state index in [-0.39, 0.29) is 17.5 Å². The Labute approximate surface area is 196 Å². The molecule has 0 radical (unpaired) electrons. The van der Waals surface area contributed by atoms with Gasteiger partial charge in [-0.3, -0.25) is 9.69 Å². The normalized spacial score (nSPS) is 14.2. The van der Waals surface area contributed by atoms with Crippen molar-refractivity contribution in [2.75, 3.05) is 11.5 Å². The number of thiazole rings is 1. The smallest absolute Gasteiger partial charge is 0.363 e. The molecular weight excluding hydrogens is 438 g/mol. The first-order valence-corrected chi connectivity index (χ1v) is 11.5. The van der Waals surface area contributed by atoms with Crippen molar-refractivity contribution in [3.8, 4) is 5.75 Å². The molecule has 0 atom stereocenters. The molecule has 0 saturated heterocycles. The highest BCUT2D eigenvalue weighted by molar-refractivity contribution is 7.14. The van der Waals surface area contributed by atoms with Crippen LogP contribution in [0.2, 0.25) is 0 Å². The van der Waals surface area contributed by atoms with Crippen LogP contribution >= 0.6 is 11.3 Å². The molecule has 0 saturated carbocycles. The standard InChI is InChI=1S/C25H23N3O4S/c1-3-4-14-31-21-12-10-18(11-13-21)23-27-22(24(30)32-23)15-19-16-33-25(26-19)28(17(2)29)20-8-6-5-7-9-20/h5-13,15-16H,3-4,14H2,1-2H3/b22-15-. The number of carbonyl (C=O) groups excluding carboxylic acids is 2. The molecule has 0 bridgehead atoms. The lowest BCUT2D eigenvalue weighted by Crippen LogP contribution is -2.22. The fraction of sp³-hybridized carbons (Fsp3) is 0.200. The first-order chi connectivity index (χ1) is 16.0. The average Bonchev–Trinajstić information content (AvgIpc) is 3.42. The van der Waals surface area contributed by atoms with E-state index in [4.69, 9.17) is 9.47 Å². The third-order valence-electron chi connectivity index (χ3n) is 4.80. The van der Waals surface area contributed by atoms with E-state index in [2.05, 4.69) is 16.9 Å². The van der Waals surface area contributed by atoms with Crippen LogP contribution in [0, 0.1) is 0 Å². The zero-order chi connectivity index (χ0) is 23.2. The SMILES string of the molecule is CCCCOc1ccc(C2=N/C(=C\c3csc(N(C(C)=O)c4ccccc4)n3)C(=O)O2)cc1. The van der Waals surface area contributed by atoms with Gasteiger partial charge in [0.25, 0.3) is 0 Å². The number of cyclic esters (lactones) is 1. The van der Waals surface area contributed by atoms with Crippen molar-refractivity contribution in [1.29, 1.82) is 0 Å². The molecule has 0 aliphatic carbocycles. The summed E-state index contributed by atoms with van der Waals surface area (Å²) in [5.74, 6) is 0.291. The molecule has 1 aliphatic heterocycles. The second kappa shape index (κ2) is 10.2. The molecule has 8 heteroatoms. The summed E-state index contributed by atoms with van der Waals surface area (Å²) in [6.45, 7) is 4.26. The molecule has 33 heavy (non-hydrogen) atoms. The quantitative estimate of drug-likeness (QED) is 0.257. The van der Waals surface area contributed by atoms with Crippen LogP contribution in [-0.4, -0.2) is 29.4 Å². The van der Waals surface area contributed by atoms with Gasteiger partial charge in [-0.1, -0.05) is 31.5 Å². The molecule has 2 heterocycles. The highest BCUT2D eigenvalue weighted by Gasteiger charge is 2.25. The summed E-state index contributed by atoms with van der Waals surface area (Å²) in [5, 5.41) is 2.28. The van der Waals surface area contributed by atoms with Gasteiger partial charge in [-0.25, -0.2) is 14.8 Å². The summed E-state index contributed by atoms with van der Waals surface area (Å²) in [6, 6.07) is 16.5. The molecule has 0 N–H and O–H groups in total. The summed E-state index contributed by atoms with van der Waals surface area (Å²) in [4.78, 5) is 34.9. The van der Waals surface area contributed by atoms with Crippen molar-refractivity contribution >= 4 is 46.0 Å². The first-order valence-electron chi connectivity index (χ1n) is 10.6. The van der Waals surface area contributed by atoms with Crippen molar-refractivity contribution in [2.24, 2.45) is 4.99 Å². The molecule has 0 unspecified atom stereocenters. The maximum Gasteiger partial charge on any atom is 0.363 e. The Hall–Kier alpha value is -3.78. The highest BCUT2D eigenvalue weighted by Crippen LogP contribution is 2.30. The molecule has 2 aromatic carbocycles. The number of esters is 1. The number of nitrogens with zero attached hydrogens (tertiary/aromatic N) is 3. The van der Waals surface area contributed by atoms with E-state index in [0.717, 1.165) is 24.3 Å². The number of unbranched alkanes of at least 4 members (excludes halogenated alkanes) is 1. The van der Waals surface area contributed by atoms with Crippen LogP contribution in [0.5, 0.6) is 5.75 Å². The predicted molar refractivity (Wildman–Crippen MR) is 129 cm³/mol. The lowest BCUT2D eigenvalue weighted by molar-refractivity contribution is -0.130. The monoisotopic (exact) mass is 461 g/mol. The van der Waals surface area contributed by atoms with E-state index in [9.17, 15) is 9.59 Å². The summed E-state index contributed by atoms with van der Waals surface area (Å²) >= 11 is 1.31. The second-order valence-electron chi connectivity index (χ2n) is 7.31. The van der Waals surface area contributed by atoms with Crippen molar-refractivity contribution < 1.29 is 19.1 Å². The number of amides is 1. The van der Waals surface area contributed by atoms with Gasteiger partial charge in [-0.2, -0.15) is 0 Å². The molecule has 1 aliphatic rings. The number of aliphatic imine (C=N–C) groups is 1. The van der Waals surface area contributed by atoms with E-state index in [1.807, 2.05) is 54.6 Å². The number of hydrogen-bond donors (Lipinski definition) is 0. The maximum absolute atomic E-state index is 12.4. The second-order valence-corrected chi connectivity index (χ2v) is 8.14. The Morgan fingerprint density at radius 1 is 1.15 bits per heavy atom. The number of benzene rings is 2. The third-order valence-corrected chi connectivity index (χ3v) is 5.65. The number of carbonyl (C=O) groups is 2. The first kappa shape index (κ1) is 22.4. The molecule has 1 aromatic heterocycles. The van der Waals surface area contributed by atoms with Gasteiger partial charge in [0, 0.05) is 17.9 Å². The maximum atomic E-state index is 12.4. The zero-order valence-electron chi connectivity index (χ0n) is 18.4. The largest absolute Gasteiger partial charge is 0.494 e. The molecular formula is C25H23N3O4S. The molecule has 3 aromatic rings. The fourth-order valence-electron chi connectivity index (χ4n) is 3.15. The minimum Gasteiger partial charge on any atom is -0.494 e. The fourth-order valence-corrected chi connectivity index (χ4v) is 3.99. The summed E-state index contributed by atoms with van der Waals surface area (Å²) < 4.78 is 11.0. The summed E-state index contributed by atoms with van der Waals surface area (Å²) in [7, 11) is 0. The molecule has 7 nitrogen and oxygen atoms in total. The van der Waals surface area contributed by atoms with E-state index in [1.54, 1.807) is 11.5 Å². The Bertz CT molecular complexity index is 1200. The van der Waals surface area contributed by atoms with Crippen molar-refractivity contribution in [3.05, 3.63) is 76.9 Å². The van der Waals surface area contributed by atoms with Gasteiger partial charge in [0.1, 0.15) is 5.75 Å². The van der Waals surface area contributed by atoms with Crippen LogP contribution in [0.3, 0.4) is 0 Å². The number of rotatable bonds is 8. The zero-order valence-corrected chi connectivity index (χ0v) is 19.2. The van der Waals surface area contributed by atoms with Crippen molar-refractivity contribution in [3.63, 3.8) is 0 Å². The van der Waals surface area contributed by atoms with E-state index in [1.165, 1.54) is 23.2 Å². The number of anilines is 2. The van der Waals surface area contributed by atoms with Gasteiger partial charge < -0.3 is 9.47 Å². The molecule has 0 spiro atoms. The van der Waals surface area contributed by atoms with Gasteiger partial charge in [-0.05, 0) is 48.9 Å². The third kappa shape index (κ3) is 5.35. The van der Waals surface area contributed by atoms with E-state index in [0.29, 0.717) is 23.0 Å². The summed E-state index contributed by atoms with van der Waals surface area (Å²) in [6.07, 6.45) is 3.62. The van der Waals surface area contributed by atoms with Crippen molar-refractivity contribution in [1.82, 2.24) is 4.98 Å². The lowest BCUT2D eigenvalue weighted by Gasteiger charge is -2.17. The highest BCUT2D eigenvalue weighted by atomic mass is 32.1. The van der Waals surface area contributed by atoms with Crippen LogP contribution in [0.15, 0.2) is 70.7 Å². The van der Waals surface area contributed by atoms with Gasteiger partial charge in [0.05, 0.1) is 18.0 Å². The van der Waals surface area contributed by atoms with Gasteiger partial charge in [0.2, 0.25) is 11.8 Å². The van der Waals surface area contributed by atoms with Gasteiger partial charge >= 0.3 is 5.97 Å². The number of hydrogen-bond acceptors (Lipinski definition) is 7. The van der Waals surface area contributed by atoms with Crippen LogP contribution in [0.4, 0.5) is 10.8 Å². The van der Waals surface area contributed by atoms with Gasteiger partial charge in [-0.15, -0.1) is 11.3 Å². The Balaban J connectivity index is 1.52. The average molecular weight is 462 g/mol. The molecule has 1 amide bonds. The van der Waals surface area contributed by atoms with Crippen LogP contribution in [0.1, 0.15) is 37.9 Å². The summed E-state index contributed by atoms with van der Waals surface area (Å²) in [5.41, 5.74) is 2.08. The molecule has 168 valence electrons. The van der Waals surface area contributed by atoms with Gasteiger partial charge in [0.15, 0.2) is 10.8 Å². The topological polar surface area (TPSA) is 81.1 Å². The molecule has 4 rings (SSSR count). The van der Waals surface area contributed by atoms with Crippen LogP contribution in [-0.2, 0) is 14.3 Å². The number of para-hydroxylation sites is 1.